The highest BCUT2D eigenvalue weighted by atomic mass is 79.9. The second-order valence-electron chi connectivity index (χ2n) is 5.75. The Bertz CT molecular complexity index is 987. The first kappa shape index (κ1) is 14.5. The zero-order valence-electron chi connectivity index (χ0n) is 13.0. The molecule has 0 radical (unpaired) electrons. The van der Waals surface area contributed by atoms with Gasteiger partial charge in [0.25, 0.3) is 0 Å². The Kier molecular flexibility index (Phi) is 3.66. The van der Waals surface area contributed by atoms with Gasteiger partial charge in [-0.1, -0.05) is 64.5 Å². The van der Waals surface area contributed by atoms with Gasteiger partial charge in [0, 0.05) is 22.5 Å². The van der Waals surface area contributed by atoms with Gasteiger partial charge >= 0.3 is 0 Å². The lowest BCUT2D eigenvalue weighted by atomic mass is 10.1. The van der Waals surface area contributed by atoms with Crippen molar-refractivity contribution in [2.45, 2.75) is 13.3 Å². The number of benzene rings is 2. The average Bonchev–Trinajstić information content (AvgIpc) is 2.92. The summed E-state index contributed by atoms with van der Waals surface area (Å²) in [5.74, 6) is 1.00. The van der Waals surface area contributed by atoms with Gasteiger partial charge in [-0.25, -0.2) is 4.98 Å². The van der Waals surface area contributed by atoms with Crippen LogP contribution in [0.3, 0.4) is 0 Å². The lowest BCUT2D eigenvalue weighted by Gasteiger charge is -2.09. The fourth-order valence-corrected chi connectivity index (χ4v) is 3.75. The summed E-state index contributed by atoms with van der Waals surface area (Å²) in [4.78, 5) is 4.75. The molecule has 0 spiro atoms. The van der Waals surface area contributed by atoms with Crippen LogP contribution in [0, 0.1) is 6.92 Å². The van der Waals surface area contributed by atoms with Crippen LogP contribution in [-0.2, 0) is 6.42 Å². The van der Waals surface area contributed by atoms with Crippen molar-refractivity contribution in [1.29, 1.82) is 0 Å². The van der Waals surface area contributed by atoms with Crippen LogP contribution in [-0.4, -0.2) is 14.7 Å². The van der Waals surface area contributed by atoms with E-state index in [-0.39, 0.29) is 0 Å². The SMILES string of the molecule is Cc1cnc(-c2ccccc2)n2c1c(CCBr)c1ccccc12. The zero-order chi connectivity index (χ0) is 15.8. The van der Waals surface area contributed by atoms with Crippen molar-refractivity contribution < 1.29 is 0 Å². The van der Waals surface area contributed by atoms with Gasteiger partial charge in [0.05, 0.1) is 11.0 Å². The van der Waals surface area contributed by atoms with Crippen LogP contribution in [0.2, 0.25) is 0 Å². The number of aryl methyl sites for hydroxylation is 2. The molecule has 2 aromatic carbocycles. The lowest BCUT2D eigenvalue weighted by molar-refractivity contribution is 1.10. The third-order valence-electron chi connectivity index (χ3n) is 4.32. The van der Waals surface area contributed by atoms with E-state index < -0.39 is 0 Å². The molecule has 0 saturated carbocycles. The number of rotatable bonds is 3. The second kappa shape index (κ2) is 5.82. The fraction of sp³-hybridized carbons (Fsp3) is 0.150. The standard InChI is InChI=1S/C20H17BrN2/c1-14-13-22-20(15-7-3-2-4-8-15)23-18-10-6-5-9-16(18)17(11-12-21)19(14)23/h2-10,13H,11-12H2,1H3. The van der Waals surface area contributed by atoms with Crippen LogP contribution in [0.5, 0.6) is 0 Å². The molecule has 2 nitrogen and oxygen atoms in total. The molecule has 0 aliphatic carbocycles. The van der Waals surface area contributed by atoms with E-state index in [0.717, 1.165) is 23.1 Å². The first-order chi connectivity index (χ1) is 11.3. The molecular weight excluding hydrogens is 348 g/mol. The fourth-order valence-electron chi connectivity index (χ4n) is 3.36. The monoisotopic (exact) mass is 364 g/mol. The minimum absolute atomic E-state index is 0.957. The molecule has 0 fully saturated rings. The summed E-state index contributed by atoms with van der Waals surface area (Å²) in [7, 11) is 0. The van der Waals surface area contributed by atoms with Gasteiger partial charge in [0.15, 0.2) is 0 Å². The summed E-state index contributed by atoms with van der Waals surface area (Å²) in [6, 6.07) is 19.0. The Balaban J connectivity index is 2.19. The molecule has 0 amide bonds. The Morgan fingerprint density at radius 2 is 1.74 bits per heavy atom. The first-order valence-electron chi connectivity index (χ1n) is 7.80. The van der Waals surface area contributed by atoms with Gasteiger partial charge < -0.3 is 0 Å². The molecule has 0 aliphatic heterocycles. The number of halogens is 1. The summed E-state index contributed by atoms with van der Waals surface area (Å²) in [6.45, 7) is 2.15. The van der Waals surface area contributed by atoms with Crippen molar-refractivity contribution in [3.8, 4) is 11.4 Å². The Morgan fingerprint density at radius 3 is 2.52 bits per heavy atom. The summed E-state index contributed by atoms with van der Waals surface area (Å²) in [5, 5.41) is 2.28. The normalized spacial score (nSPS) is 11.4. The highest BCUT2D eigenvalue weighted by Crippen LogP contribution is 2.33. The van der Waals surface area contributed by atoms with Crippen molar-refractivity contribution in [2.24, 2.45) is 0 Å². The maximum Gasteiger partial charge on any atom is 0.144 e. The molecule has 0 aliphatic rings. The van der Waals surface area contributed by atoms with Crippen LogP contribution >= 0.6 is 15.9 Å². The lowest BCUT2D eigenvalue weighted by Crippen LogP contribution is -1.98. The van der Waals surface area contributed by atoms with E-state index in [1.165, 1.54) is 27.5 Å². The number of fused-ring (bicyclic) bond motifs is 3. The van der Waals surface area contributed by atoms with E-state index in [0.29, 0.717) is 0 Å². The van der Waals surface area contributed by atoms with Crippen LogP contribution in [0.15, 0.2) is 60.8 Å². The van der Waals surface area contributed by atoms with Gasteiger partial charge in [-0.05, 0) is 30.5 Å². The minimum Gasteiger partial charge on any atom is -0.293 e. The van der Waals surface area contributed by atoms with E-state index >= 15 is 0 Å². The number of nitrogens with zero attached hydrogens (tertiary/aromatic N) is 2. The predicted molar refractivity (Wildman–Crippen MR) is 100 cm³/mol. The minimum atomic E-state index is 0.957. The van der Waals surface area contributed by atoms with E-state index in [2.05, 4.69) is 75.8 Å². The number of hydrogen-bond donors (Lipinski definition) is 0. The summed E-state index contributed by atoms with van der Waals surface area (Å²) in [5.41, 5.74) is 6.28. The summed E-state index contributed by atoms with van der Waals surface area (Å²) >= 11 is 3.61. The van der Waals surface area contributed by atoms with Gasteiger partial charge in [0.2, 0.25) is 0 Å². The number of para-hydroxylation sites is 1. The first-order valence-corrected chi connectivity index (χ1v) is 8.92. The Labute approximate surface area is 143 Å². The van der Waals surface area contributed by atoms with Crippen molar-refractivity contribution in [2.75, 3.05) is 5.33 Å². The van der Waals surface area contributed by atoms with Crippen LogP contribution in [0.1, 0.15) is 11.1 Å². The molecule has 0 saturated heterocycles. The van der Waals surface area contributed by atoms with E-state index in [1.54, 1.807) is 0 Å². The molecule has 0 unspecified atom stereocenters. The Hall–Kier alpha value is -2.13. The predicted octanol–water partition coefficient (Wildman–Crippen LogP) is 5.40. The maximum absolute atomic E-state index is 4.75. The maximum atomic E-state index is 4.75. The molecule has 114 valence electrons. The van der Waals surface area contributed by atoms with Crippen LogP contribution in [0.25, 0.3) is 27.8 Å². The molecule has 3 heteroatoms. The van der Waals surface area contributed by atoms with Crippen LogP contribution < -0.4 is 0 Å². The highest BCUT2D eigenvalue weighted by Gasteiger charge is 2.16. The molecule has 0 N–H and O–H groups in total. The molecule has 4 aromatic rings. The number of alkyl halides is 1. The van der Waals surface area contributed by atoms with Crippen LogP contribution in [0.4, 0.5) is 0 Å². The third-order valence-corrected chi connectivity index (χ3v) is 4.72. The molecule has 2 aromatic heterocycles. The summed E-state index contributed by atoms with van der Waals surface area (Å²) < 4.78 is 2.32. The van der Waals surface area contributed by atoms with Gasteiger partial charge in [0.1, 0.15) is 5.82 Å². The average molecular weight is 365 g/mol. The van der Waals surface area contributed by atoms with Gasteiger partial charge in [-0.3, -0.25) is 4.40 Å². The molecule has 0 atom stereocenters. The molecule has 2 heterocycles. The largest absolute Gasteiger partial charge is 0.293 e. The molecule has 0 bridgehead atoms. The summed E-state index contributed by atoms with van der Waals surface area (Å²) in [6.07, 6.45) is 3.00. The topological polar surface area (TPSA) is 17.3 Å². The van der Waals surface area contributed by atoms with E-state index in [4.69, 9.17) is 4.98 Å². The smallest absolute Gasteiger partial charge is 0.144 e. The van der Waals surface area contributed by atoms with Crippen molar-refractivity contribution in [3.63, 3.8) is 0 Å². The highest BCUT2D eigenvalue weighted by molar-refractivity contribution is 9.09. The Morgan fingerprint density at radius 1 is 1.00 bits per heavy atom. The number of aromatic nitrogens is 2. The third kappa shape index (κ3) is 2.27. The van der Waals surface area contributed by atoms with Gasteiger partial charge in [-0.15, -0.1) is 0 Å². The number of hydrogen-bond acceptors (Lipinski definition) is 1. The molecule has 4 rings (SSSR count). The van der Waals surface area contributed by atoms with Crippen molar-refractivity contribution in [1.82, 2.24) is 9.38 Å². The quantitative estimate of drug-likeness (QED) is 0.445. The van der Waals surface area contributed by atoms with Gasteiger partial charge in [-0.2, -0.15) is 0 Å². The zero-order valence-corrected chi connectivity index (χ0v) is 14.5. The second-order valence-corrected chi connectivity index (χ2v) is 6.54. The molecule has 23 heavy (non-hydrogen) atoms. The van der Waals surface area contributed by atoms with E-state index in [9.17, 15) is 0 Å². The van der Waals surface area contributed by atoms with Crippen molar-refractivity contribution >= 4 is 32.3 Å². The molecular formula is C20H17BrN2. The van der Waals surface area contributed by atoms with E-state index in [1.807, 2.05) is 12.3 Å². The van der Waals surface area contributed by atoms with Crippen molar-refractivity contribution in [3.05, 3.63) is 71.9 Å².